The maximum atomic E-state index is 13.5. The summed E-state index contributed by atoms with van der Waals surface area (Å²) in [5.41, 5.74) is -2.83. The van der Waals surface area contributed by atoms with E-state index < -0.39 is 34.6 Å². The molecule has 1 amide bonds. The van der Waals surface area contributed by atoms with Gasteiger partial charge in [-0.05, 0) is 19.1 Å². The molecular weight excluding hydrogens is 232 g/mol. The summed E-state index contributed by atoms with van der Waals surface area (Å²) < 4.78 is 27.0. The van der Waals surface area contributed by atoms with Gasteiger partial charge in [-0.25, -0.2) is 13.6 Å². The maximum Gasteiger partial charge on any atom is 0.334 e. The molecule has 1 rings (SSSR count). The molecule has 92 valence electrons. The van der Waals surface area contributed by atoms with Crippen LogP contribution in [-0.2, 0) is 15.1 Å². The van der Waals surface area contributed by atoms with Crippen LogP contribution in [0.4, 0.5) is 8.78 Å². The van der Waals surface area contributed by atoms with Gasteiger partial charge >= 0.3 is 5.97 Å². The van der Waals surface area contributed by atoms with Gasteiger partial charge in [-0.15, -0.1) is 0 Å². The molecule has 0 aliphatic heterocycles. The van der Waals surface area contributed by atoms with Crippen molar-refractivity contribution < 1.29 is 23.5 Å². The third-order valence-corrected chi connectivity index (χ3v) is 2.32. The SMILES string of the molecule is CC(=O)NC(C)(C(=O)O)c1c(F)cccc1F. The molecule has 0 aromatic heterocycles. The summed E-state index contributed by atoms with van der Waals surface area (Å²) in [6.07, 6.45) is 0. The second kappa shape index (κ2) is 4.48. The van der Waals surface area contributed by atoms with Crippen LogP contribution in [0.2, 0.25) is 0 Å². The molecule has 4 nitrogen and oxygen atoms in total. The number of amides is 1. The number of carboxylic acids is 1. The Morgan fingerprint density at radius 3 is 2.12 bits per heavy atom. The van der Waals surface area contributed by atoms with Crippen LogP contribution in [0, 0.1) is 11.6 Å². The lowest BCUT2D eigenvalue weighted by molar-refractivity contribution is -0.147. The Kier molecular flexibility index (Phi) is 3.45. The van der Waals surface area contributed by atoms with E-state index in [1.54, 1.807) is 0 Å². The Balaban J connectivity index is 3.42. The van der Waals surface area contributed by atoms with E-state index in [0.717, 1.165) is 32.0 Å². The second-order valence-corrected chi connectivity index (χ2v) is 3.71. The normalized spacial score (nSPS) is 13.9. The van der Waals surface area contributed by atoms with E-state index in [9.17, 15) is 18.4 Å². The molecule has 6 heteroatoms. The van der Waals surface area contributed by atoms with Gasteiger partial charge in [-0.1, -0.05) is 6.07 Å². The van der Waals surface area contributed by atoms with Gasteiger partial charge in [0, 0.05) is 6.92 Å². The van der Waals surface area contributed by atoms with Gasteiger partial charge in [0.25, 0.3) is 0 Å². The number of aliphatic carboxylic acids is 1. The molecule has 2 N–H and O–H groups in total. The average Bonchev–Trinajstić information content (AvgIpc) is 2.15. The van der Waals surface area contributed by atoms with Crippen molar-refractivity contribution in [1.82, 2.24) is 5.32 Å². The third kappa shape index (κ3) is 2.41. The summed E-state index contributed by atoms with van der Waals surface area (Å²) in [6, 6.07) is 2.98. The van der Waals surface area contributed by atoms with E-state index >= 15 is 0 Å². The Bertz CT molecular complexity index is 456. The molecule has 0 saturated carbocycles. The highest BCUT2D eigenvalue weighted by Crippen LogP contribution is 2.26. The summed E-state index contributed by atoms with van der Waals surface area (Å²) >= 11 is 0. The lowest BCUT2D eigenvalue weighted by atomic mass is 9.91. The fraction of sp³-hybridized carbons (Fsp3) is 0.273. The van der Waals surface area contributed by atoms with E-state index in [-0.39, 0.29) is 0 Å². The number of carbonyl (C=O) groups is 2. The monoisotopic (exact) mass is 243 g/mol. The van der Waals surface area contributed by atoms with Crippen molar-refractivity contribution in [1.29, 1.82) is 0 Å². The number of carbonyl (C=O) groups excluding carboxylic acids is 1. The summed E-state index contributed by atoms with van der Waals surface area (Å²) in [5.74, 6) is -4.29. The second-order valence-electron chi connectivity index (χ2n) is 3.71. The summed E-state index contributed by atoms with van der Waals surface area (Å²) in [7, 11) is 0. The molecule has 0 aliphatic carbocycles. The molecule has 0 aliphatic rings. The topological polar surface area (TPSA) is 66.4 Å². The minimum absolute atomic E-state index is 0.692. The van der Waals surface area contributed by atoms with Crippen LogP contribution in [0.15, 0.2) is 18.2 Å². The van der Waals surface area contributed by atoms with E-state index in [1.807, 2.05) is 5.32 Å². The summed E-state index contributed by atoms with van der Waals surface area (Å²) in [6.45, 7) is 2.10. The van der Waals surface area contributed by atoms with Gasteiger partial charge in [-0.3, -0.25) is 4.79 Å². The van der Waals surface area contributed by atoms with Crippen molar-refractivity contribution in [2.75, 3.05) is 0 Å². The molecule has 0 heterocycles. The van der Waals surface area contributed by atoms with E-state index in [2.05, 4.69) is 0 Å². The van der Waals surface area contributed by atoms with Crippen LogP contribution in [0.1, 0.15) is 19.4 Å². The van der Waals surface area contributed by atoms with Crippen molar-refractivity contribution in [3.8, 4) is 0 Å². The van der Waals surface area contributed by atoms with Crippen molar-refractivity contribution in [2.24, 2.45) is 0 Å². The molecule has 0 bridgehead atoms. The Hall–Kier alpha value is -1.98. The van der Waals surface area contributed by atoms with E-state index in [1.165, 1.54) is 0 Å². The van der Waals surface area contributed by atoms with Crippen LogP contribution in [0.25, 0.3) is 0 Å². The molecule has 0 radical (unpaired) electrons. The highest BCUT2D eigenvalue weighted by molar-refractivity contribution is 5.87. The van der Waals surface area contributed by atoms with Gasteiger partial charge < -0.3 is 10.4 Å². The zero-order valence-corrected chi connectivity index (χ0v) is 9.25. The zero-order chi connectivity index (χ0) is 13.2. The predicted octanol–water partition coefficient (Wildman–Crippen LogP) is 1.40. The number of rotatable bonds is 3. The molecule has 0 fully saturated rings. The van der Waals surface area contributed by atoms with Crippen molar-refractivity contribution in [3.05, 3.63) is 35.4 Å². The molecule has 1 aromatic carbocycles. The zero-order valence-electron chi connectivity index (χ0n) is 9.25. The first-order chi connectivity index (χ1) is 7.79. The van der Waals surface area contributed by atoms with Gasteiger partial charge in [0.15, 0.2) is 5.54 Å². The maximum absolute atomic E-state index is 13.5. The molecule has 1 aromatic rings. The van der Waals surface area contributed by atoms with Crippen LogP contribution >= 0.6 is 0 Å². The van der Waals surface area contributed by atoms with Gasteiger partial charge in [0.05, 0.1) is 5.56 Å². The summed E-state index contributed by atoms with van der Waals surface area (Å²) in [4.78, 5) is 22.1. The predicted molar refractivity (Wildman–Crippen MR) is 55.2 cm³/mol. The van der Waals surface area contributed by atoms with Gasteiger partial charge in [-0.2, -0.15) is 0 Å². The molecule has 0 saturated heterocycles. The Morgan fingerprint density at radius 1 is 1.29 bits per heavy atom. The highest BCUT2D eigenvalue weighted by atomic mass is 19.1. The van der Waals surface area contributed by atoms with E-state index in [0.29, 0.717) is 0 Å². The van der Waals surface area contributed by atoms with Crippen LogP contribution < -0.4 is 5.32 Å². The Labute approximate surface area is 96.3 Å². The standard InChI is InChI=1S/C11H11F2NO3/c1-6(15)14-11(2,10(16)17)9-7(12)4-3-5-8(9)13/h3-5H,1-2H3,(H,14,15)(H,16,17). The largest absolute Gasteiger partial charge is 0.479 e. The number of nitrogens with one attached hydrogen (secondary N) is 1. The lowest BCUT2D eigenvalue weighted by Crippen LogP contribution is -2.50. The quantitative estimate of drug-likeness (QED) is 0.843. The first kappa shape index (κ1) is 13.1. The fourth-order valence-corrected chi connectivity index (χ4v) is 1.55. The van der Waals surface area contributed by atoms with Crippen LogP contribution in [0.3, 0.4) is 0 Å². The molecule has 0 spiro atoms. The lowest BCUT2D eigenvalue weighted by Gasteiger charge is -2.26. The van der Waals surface area contributed by atoms with Gasteiger partial charge in [0.1, 0.15) is 11.6 Å². The molecule has 17 heavy (non-hydrogen) atoms. The minimum Gasteiger partial charge on any atom is -0.479 e. The molecular formula is C11H11F2NO3. The van der Waals surface area contributed by atoms with Crippen molar-refractivity contribution >= 4 is 11.9 Å². The first-order valence-electron chi connectivity index (χ1n) is 4.75. The van der Waals surface area contributed by atoms with Crippen molar-refractivity contribution in [2.45, 2.75) is 19.4 Å². The minimum atomic E-state index is -2.14. The number of halogens is 2. The Morgan fingerprint density at radius 2 is 1.76 bits per heavy atom. The number of carboxylic acid groups (broad SMARTS) is 1. The molecule has 1 atom stereocenters. The third-order valence-electron chi connectivity index (χ3n) is 2.32. The number of benzene rings is 1. The van der Waals surface area contributed by atoms with Gasteiger partial charge in [0.2, 0.25) is 5.91 Å². The molecule has 1 unspecified atom stereocenters. The average molecular weight is 243 g/mol. The summed E-state index contributed by atoms with van der Waals surface area (Å²) in [5, 5.41) is 11.1. The van der Waals surface area contributed by atoms with Crippen molar-refractivity contribution in [3.63, 3.8) is 0 Å². The van der Waals surface area contributed by atoms with Crippen LogP contribution in [0.5, 0.6) is 0 Å². The number of hydrogen-bond donors (Lipinski definition) is 2. The smallest absolute Gasteiger partial charge is 0.334 e. The van der Waals surface area contributed by atoms with Crippen LogP contribution in [-0.4, -0.2) is 17.0 Å². The highest BCUT2D eigenvalue weighted by Gasteiger charge is 2.40. The number of hydrogen-bond acceptors (Lipinski definition) is 2. The first-order valence-corrected chi connectivity index (χ1v) is 4.75. The fourth-order valence-electron chi connectivity index (χ4n) is 1.55. The van der Waals surface area contributed by atoms with E-state index in [4.69, 9.17) is 5.11 Å².